The lowest BCUT2D eigenvalue weighted by Crippen LogP contribution is -2.49. The normalized spacial score (nSPS) is 36.6. The third kappa shape index (κ3) is 2.89. The lowest BCUT2D eigenvalue weighted by molar-refractivity contribution is 0.177. The van der Waals surface area contributed by atoms with Crippen molar-refractivity contribution in [1.82, 2.24) is 10.2 Å². The summed E-state index contributed by atoms with van der Waals surface area (Å²) >= 11 is 0. The van der Waals surface area contributed by atoms with Crippen molar-refractivity contribution >= 4 is 0 Å². The summed E-state index contributed by atoms with van der Waals surface area (Å²) in [6, 6.07) is 12.8. The summed E-state index contributed by atoms with van der Waals surface area (Å²) in [6.07, 6.45) is 5.65. The van der Waals surface area contributed by atoms with E-state index < -0.39 is 0 Å². The summed E-state index contributed by atoms with van der Waals surface area (Å²) in [7, 11) is 0. The average Bonchev–Trinajstić information content (AvgIpc) is 3.26. The zero-order valence-electron chi connectivity index (χ0n) is 13.2. The molecule has 2 heteroatoms. The van der Waals surface area contributed by atoms with Gasteiger partial charge < -0.3 is 10.2 Å². The van der Waals surface area contributed by atoms with Crippen molar-refractivity contribution in [2.75, 3.05) is 19.6 Å². The summed E-state index contributed by atoms with van der Waals surface area (Å²) in [5.74, 6) is 2.46. The third-order valence-corrected chi connectivity index (χ3v) is 6.05. The largest absolute Gasteiger partial charge is 0.313 e. The Labute approximate surface area is 128 Å². The fourth-order valence-electron chi connectivity index (χ4n) is 4.32. The number of hydrogen-bond donors (Lipinski definition) is 1. The van der Waals surface area contributed by atoms with Gasteiger partial charge in [-0.3, -0.25) is 0 Å². The van der Waals surface area contributed by atoms with Crippen LogP contribution in [-0.2, 0) is 0 Å². The van der Waals surface area contributed by atoms with Crippen LogP contribution in [0.1, 0.15) is 44.1 Å². The highest BCUT2D eigenvalue weighted by Crippen LogP contribution is 2.42. The molecule has 1 aromatic carbocycles. The fraction of sp³-hybridized carbons (Fsp3) is 0.684. The van der Waals surface area contributed by atoms with Crippen molar-refractivity contribution in [3.63, 3.8) is 0 Å². The fourth-order valence-corrected chi connectivity index (χ4v) is 4.32. The van der Waals surface area contributed by atoms with E-state index in [1.807, 2.05) is 0 Å². The van der Waals surface area contributed by atoms with Gasteiger partial charge in [-0.2, -0.15) is 0 Å². The highest BCUT2D eigenvalue weighted by molar-refractivity contribution is 5.24. The molecule has 0 spiro atoms. The van der Waals surface area contributed by atoms with Crippen molar-refractivity contribution in [2.45, 2.75) is 50.6 Å². The molecule has 4 atom stereocenters. The molecule has 4 rings (SSSR count). The lowest BCUT2D eigenvalue weighted by atomic mass is 9.67. The quantitative estimate of drug-likeness (QED) is 0.893. The molecule has 1 N–H and O–H groups in total. The molecule has 21 heavy (non-hydrogen) atoms. The molecule has 2 nitrogen and oxygen atoms in total. The topological polar surface area (TPSA) is 15.3 Å². The Balaban J connectivity index is 1.22. The molecule has 2 aliphatic carbocycles. The Hall–Kier alpha value is -0.860. The number of nitrogens with zero attached hydrogens (tertiary/aromatic N) is 1. The van der Waals surface area contributed by atoms with Gasteiger partial charge in [0, 0.05) is 18.6 Å². The number of rotatable bonds is 5. The van der Waals surface area contributed by atoms with E-state index in [2.05, 4.69) is 47.5 Å². The van der Waals surface area contributed by atoms with E-state index in [9.17, 15) is 0 Å². The number of hydrogen-bond acceptors (Lipinski definition) is 2. The Bertz CT molecular complexity index is 468. The Morgan fingerprint density at radius 2 is 1.95 bits per heavy atom. The van der Waals surface area contributed by atoms with Crippen LogP contribution in [0.5, 0.6) is 0 Å². The summed E-state index contributed by atoms with van der Waals surface area (Å²) in [5.41, 5.74) is 1.53. The van der Waals surface area contributed by atoms with E-state index in [-0.39, 0.29) is 0 Å². The summed E-state index contributed by atoms with van der Waals surface area (Å²) in [5, 5.41) is 3.86. The van der Waals surface area contributed by atoms with Crippen LogP contribution in [0.2, 0.25) is 0 Å². The van der Waals surface area contributed by atoms with Gasteiger partial charge in [-0.1, -0.05) is 37.3 Å². The van der Waals surface area contributed by atoms with Gasteiger partial charge in [0.05, 0.1) is 0 Å². The molecule has 0 bridgehead atoms. The first-order chi connectivity index (χ1) is 10.3. The monoisotopic (exact) mass is 284 g/mol. The van der Waals surface area contributed by atoms with Crippen LogP contribution >= 0.6 is 0 Å². The SMILES string of the molecule is C[C@@H]1[C@H](NC[C@H]2CCN(C3CC3)C2)C[C@H]1c1ccccc1. The van der Waals surface area contributed by atoms with E-state index in [1.54, 1.807) is 0 Å². The molecular formula is C19H28N2. The minimum absolute atomic E-state index is 0.741. The maximum atomic E-state index is 3.86. The second-order valence-electron chi connectivity index (χ2n) is 7.51. The van der Waals surface area contributed by atoms with Crippen molar-refractivity contribution in [2.24, 2.45) is 11.8 Å². The molecule has 2 saturated carbocycles. The maximum absolute atomic E-state index is 3.86. The van der Waals surface area contributed by atoms with Gasteiger partial charge in [-0.15, -0.1) is 0 Å². The molecule has 0 amide bonds. The molecule has 1 aliphatic heterocycles. The maximum Gasteiger partial charge on any atom is 0.0105 e. The second kappa shape index (κ2) is 5.73. The van der Waals surface area contributed by atoms with Crippen molar-refractivity contribution in [1.29, 1.82) is 0 Å². The molecule has 3 fully saturated rings. The van der Waals surface area contributed by atoms with E-state index >= 15 is 0 Å². The standard InChI is InChI=1S/C19H28N2/c1-14-18(16-5-3-2-4-6-16)11-19(14)20-12-15-9-10-21(13-15)17-7-8-17/h2-6,14-15,17-20H,7-13H2,1H3/t14-,15+,18+,19+/m0/s1. The third-order valence-electron chi connectivity index (χ3n) is 6.05. The smallest absolute Gasteiger partial charge is 0.0105 e. The van der Waals surface area contributed by atoms with Gasteiger partial charge >= 0.3 is 0 Å². The minimum atomic E-state index is 0.741. The van der Waals surface area contributed by atoms with Crippen LogP contribution in [0, 0.1) is 11.8 Å². The highest BCUT2D eigenvalue weighted by Gasteiger charge is 2.39. The molecule has 1 aromatic rings. The molecule has 0 radical (unpaired) electrons. The van der Waals surface area contributed by atoms with Crippen LogP contribution in [0.15, 0.2) is 30.3 Å². The van der Waals surface area contributed by atoms with E-state index in [4.69, 9.17) is 0 Å². The van der Waals surface area contributed by atoms with Gasteiger partial charge in [-0.25, -0.2) is 0 Å². The molecular weight excluding hydrogens is 256 g/mol. The van der Waals surface area contributed by atoms with E-state index in [0.29, 0.717) is 0 Å². The second-order valence-corrected chi connectivity index (χ2v) is 7.51. The van der Waals surface area contributed by atoms with Crippen LogP contribution < -0.4 is 5.32 Å². The molecule has 1 saturated heterocycles. The first-order valence-electron chi connectivity index (χ1n) is 8.83. The van der Waals surface area contributed by atoms with Crippen molar-refractivity contribution in [3.05, 3.63) is 35.9 Å². The Kier molecular flexibility index (Phi) is 3.76. The van der Waals surface area contributed by atoms with Gasteiger partial charge in [0.2, 0.25) is 0 Å². The summed E-state index contributed by atoms with van der Waals surface area (Å²) in [4.78, 5) is 2.73. The average molecular weight is 284 g/mol. The molecule has 0 unspecified atom stereocenters. The molecule has 1 heterocycles. The van der Waals surface area contributed by atoms with Crippen LogP contribution in [-0.4, -0.2) is 36.6 Å². The number of benzene rings is 1. The predicted octanol–water partition coefficient (Wildman–Crippen LogP) is 3.25. The summed E-state index contributed by atoms with van der Waals surface area (Å²) in [6.45, 7) is 6.36. The zero-order valence-corrected chi connectivity index (χ0v) is 13.2. The van der Waals surface area contributed by atoms with E-state index in [0.717, 1.165) is 29.8 Å². The first-order valence-corrected chi connectivity index (χ1v) is 8.83. The Morgan fingerprint density at radius 3 is 2.67 bits per heavy atom. The molecule has 3 aliphatic rings. The van der Waals surface area contributed by atoms with Crippen LogP contribution in [0.25, 0.3) is 0 Å². The van der Waals surface area contributed by atoms with Crippen LogP contribution in [0.3, 0.4) is 0 Å². The highest BCUT2D eigenvalue weighted by atomic mass is 15.2. The minimum Gasteiger partial charge on any atom is -0.313 e. The van der Waals surface area contributed by atoms with Crippen LogP contribution in [0.4, 0.5) is 0 Å². The summed E-state index contributed by atoms with van der Waals surface area (Å²) < 4.78 is 0. The van der Waals surface area contributed by atoms with Crippen molar-refractivity contribution < 1.29 is 0 Å². The lowest BCUT2D eigenvalue weighted by Gasteiger charge is -2.44. The van der Waals surface area contributed by atoms with E-state index in [1.165, 1.54) is 50.9 Å². The van der Waals surface area contributed by atoms with Crippen molar-refractivity contribution in [3.8, 4) is 0 Å². The Morgan fingerprint density at radius 1 is 1.14 bits per heavy atom. The zero-order chi connectivity index (χ0) is 14.2. The predicted molar refractivity (Wildman–Crippen MR) is 87.5 cm³/mol. The molecule has 0 aromatic heterocycles. The van der Waals surface area contributed by atoms with Gasteiger partial charge in [-0.05, 0) is 62.1 Å². The van der Waals surface area contributed by atoms with Gasteiger partial charge in [0.25, 0.3) is 0 Å². The van der Waals surface area contributed by atoms with Gasteiger partial charge in [0.1, 0.15) is 0 Å². The van der Waals surface area contributed by atoms with Gasteiger partial charge in [0.15, 0.2) is 0 Å². The first kappa shape index (κ1) is 13.8. The number of nitrogens with one attached hydrogen (secondary N) is 1. The number of likely N-dealkylation sites (tertiary alicyclic amines) is 1. The molecule has 114 valence electrons.